The first kappa shape index (κ1) is 19.3. The minimum Gasteiger partial charge on any atom is -0.371 e. The molecule has 0 radical (unpaired) electrons. The molecular weight excluding hydrogens is 361 g/mol. The van der Waals surface area contributed by atoms with Gasteiger partial charge < -0.3 is 16.0 Å². The predicted molar refractivity (Wildman–Crippen MR) is 102 cm³/mol. The molecule has 0 atom stereocenters. The Bertz CT molecular complexity index is 979. The van der Waals surface area contributed by atoms with E-state index in [1.165, 1.54) is 25.4 Å². The van der Waals surface area contributed by atoms with Crippen LogP contribution in [0.4, 0.5) is 15.8 Å². The van der Waals surface area contributed by atoms with Crippen molar-refractivity contribution in [1.82, 2.24) is 10.3 Å². The van der Waals surface area contributed by atoms with Gasteiger partial charge in [-0.1, -0.05) is 0 Å². The number of nitriles is 1. The molecular formula is C20H20FN5O2. The van der Waals surface area contributed by atoms with Gasteiger partial charge >= 0.3 is 0 Å². The summed E-state index contributed by atoms with van der Waals surface area (Å²) in [4.78, 5) is 28.5. The van der Waals surface area contributed by atoms with Gasteiger partial charge in [-0.3, -0.25) is 9.59 Å². The van der Waals surface area contributed by atoms with Crippen LogP contribution in [-0.2, 0) is 4.79 Å². The van der Waals surface area contributed by atoms with Crippen molar-refractivity contribution in [2.24, 2.45) is 0 Å². The summed E-state index contributed by atoms with van der Waals surface area (Å²) in [6.07, 6.45) is 3.50. The smallest absolute Gasteiger partial charge is 0.253 e. The molecule has 3 rings (SSSR count). The fourth-order valence-corrected chi connectivity index (χ4v) is 3.14. The number of nitrogens with zero attached hydrogens (tertiary/aromatic N) is 2. The number of hydrogen-bond donors (Lipinski definition) is 3. The van der Waals surface area contributed by atoms with Crippen LogP contribution in [0.25, 0.3) is 0 Å². The van der Waals surface area contributed by atoms with Gasteiger partial charge in [0, 0.05) is 12.7 Å². The SMILES string of the molecule is CNC(=O)c1ccc(NC2(C(=O)Nc3cnc(C#N)c(C)c3)CCC2)cc1F. The molecule has 0 spiro atoms. The average molecular weight is 381 g/mol. The number of nitrogens with one attached hydrogen (secondary N) is 3. The van der Waals surface area contributed by atoms with Crippen molar-refractivity contribution < 1.29 is 14.0 Å². The van der Waals surface area contributed by atoms with Crippen LogP contribution in [0.5, 0.6) is 0 Å². The molecule has 28 heavy (non-hydrogen) atoms. The number of anilines is 2. The third-order valence-electron chi connectivity index (χ3n) is 4.91. The molecule has 0 bridgehead atoms. The monoisotopic (exact) mass is 381 g/mol. The van der Waals surface area contributed by atoms with Crippen LogP contribution in [0.1, 0.15) is 40.9 Å². The van der Waals surface area contributed by atoms with Crippen molar-refractivity contribution in [3.63, 3.8) is 0 Å². The molecule has 1 aliphatic carbocycles. The van der Waals surface area contributed by atoms with Crippen LogP contribution in [-0.4, -0.2) is 29.4 Å². The van der Waals surface area contributed by atoms with E-state index in [0.29, 0.717) is 35.5 Å². The number of amides is 2. The Morgan fingerprint density at radius 3 is 2.54 bits per heavy atom. The zero-order chi connectivity index (χ0) is 20.3. The molecule has 2 aromatic rings. The van der Waals surface area contributed by atoms with Crippen molar-refractivity contribution in [3.8, 4) is 6.07 Å². The number of carbonyl (C=O) groups excluding carboxylic acids is 2. The Labute approximate surface area is 162 Å². The third kappa shape index (κ3) is 3.64. The quantitative estimate of drug-likeness (QED) is 0.738. The Hall–Kier alpha value is -3.47. The van der Waals surface area contributed by atoms with Gasteiger partial charge in [-0.05, 0) is 56.0 Å². The van der Waals surface area contributed by atoms with Crippen LogP contribution in [0.3, 0.4) is 0 Å². The summed E-state index contributed by atoms with van der Waals surface area (Å²) in [7, 11) is 1.43. The summed E-state index contributed by atoms with van der Waals surface area (Å²) >= 11 is 0. The molecule has 0 aliphatic heterocycles. The molecule has 7 nitrogen and oxygen atoms in total. The maximum atomic E-state index is 14.2. The zero-order valence-corrected chi connectivity index (χ0v) is 15.6. The molecule has 8 heteroatoms. The van der Waals surface area contributed by atoms with Gasteiger partial charge in [0.15, 0.2) is 0 Å². The second-order valence-electron chi connectivity index (χ2n) is 6.79. The normalized spacial score (nSPS) is 14.4. The Morgan fingerprint density at radius 1 is 1.25 bits per heavy atom. The van der Waals surface area contributed by atoms with E-state index >= 15 is 0 Å². The summed E-state index contributed by atoms with van der Waals surface area (Å²) in [5.74, 6) is -1.42. The lowest BCUT2D eigenvalue weighted by molar-refractivity contribution is -0.122. The van der Waals surface area contributed by atoms with Crippen molar-refractivity contribution in [2.45, 2.75) is 31.7 Å². The fraction of sp³-hybridized carbons (Fsp3) is 0.300. The lowest BCUT2D eigenvalue weighted by Gasteiger charge is -2.41. The second kappa shape index (κ2) is 7.64. The van der Waals surface area contributed by atoms with Crippen molar-refractivity contribution in [2.75, 3.05) is 17.7 Å². The Morgan fingerprint density at radius 2 is 2.00 bits per heavy atom. The molecule has 0 saturated heterocycles. The highest BCUT2D eigenvalue weighted by molar-refractivity contribution is 6.01. The van der Waals surface area contributed by atoms with E-state index in [0.717, 1.165) is 6.42 Å². The molecule has 1 fully saturated rings. The average Bonchev–Trinajstić information content (AvgIpc) is 2.64. The molecule has 0 unspecified atom stereocenters. The van der Waals surface area contributed by atoms with E-state index < -0.39 is 17.3 Å². The van der Waals surface area contributed by atoms with Crippen LogP contribution in [0.15, 0.2) is 30.5 Å². The molecule has 1 heterocycles. The molecule has 1 aromatic carbocycles. The minimum absolute atomic E-state index is 0.0562. The van der Waals surface area contributed by atoms with Gasteiger partial charge in [-0.2, -0.15) is 5.26 Å². The largest absolute Gasteiger partial charge is 0.371 e. The summed E-state index contributed by atoms with van der Waals surface area (Å²) in [6.45, 7) is 1.75. The van der Waals surface area contributed by atoms with E-state index in [1.54, 1.807) is 19.1 Å². The van der Waals surface area contributed by atoms with Gasteiger partial charge in [0.05, 0.1) is 17.4 Å². The summed E-state index contributed by atoms with van der Waals surface area (Å²) in [5, 5.41) is 17.3. The lowest BCUT2D eigenvalue weighted by atomic mass is 9.75. The van der Waals surface area contributed by atoms with Gasteiger partial charge in [-0.15, -0.1) is 0 Å². The van der Waals surface area contributed by atoms with E-state index in [4.69, 9.17) is 5.26 Å². The summed E-state index contributed by atoms with van der Waals surface area (Å²) in [5.41, 5.74) is 0.982. The van der Waals surface area contributed by atoms with Crippen molar-refractivity contribution in [1.29, 1.82) is 5.26 Å². The molecule has 1 saturated carbocycles. The van der Waals surface area contributed by atoms with Crippen LogP contribution in [0.2, 0.25) is 0 Å². The number of aromatic nitrogens is 1. The molecule has 144 valence electrons. The summed E-state index contributed by atoms with van der Waals surface area (Å²) in [6, 6.07) is 7.85. The number of rotatable bonds is 5. The maximum Gasteiger partial charge on any atom is 0.253 e. The number of hydrogen-bond acceptors (Lipinski definition) is 5. The molecule has 3 N–H and O–H groups in total. The fourth-order valence-electron chi connectivity index (χ4n) is 3.14. The van der Waals surface area contributed by atoms with Gasteiger partial charge in [0.25, 0.3) is 5.91 Å². The van der Waals surface area contributed by atoms with Gasteiger partial charge in [-0.25, -0.2) is 9.37 Å². The second-order valence-corrected chi connectivity index (χ2v) is 6.79. The van der Waals surface area contributed by atoms with E-state index in [1.807, 2.05) is 6.07 Å². The standard InChI is InChI=1S/C20H20FN5O2/c1-12-8-14(11-24-17(12)10-22)25-19(28)20(6-3-7-20)26-13-4-5-15(16(21)9-13)18(27)23-2/h4-5,8-9,11,26H,3,6-7H2,1-2H3,(H,23,27)(H,25,28). The van der Waals surface area contributed by atoms with Crippen LogP contribution < -0.4 is 16.0 Å². The number of benzene rings is 1. The van der Waals surface area contributed by atoms with Crippen molar-refractivity contribution in [3.05, 3.63) is 53.1 Å². The van der Waals surface area contributed by atoms with Crippen molar-refractivity contribution >= 4 is 23.2 Å². The zero-order valence-electron chi connectivity index (χ0n) is 15.6. The number of aryl methyl sites for hydroxylation is 1. The van der Waals surface area contributed by atoms with E-state index in [-0.39, 0.29) is 11.5 Å². The van der Waals surface area contributed by atoms with E-state index in [2.05, 4.69) is 20.9 Å². The summed E-state index contributed by atoms with van der Waals surface area (Å²) < 4.78 is 14.2. The predicted octanol–water partition coefficient (Wildman–Crippen LogP) is 2.73. The first-order chi connectivity index (χ1) is 13.4. The van der Waals surface area contributed by atoms with Crippen LogP contribution >= 0.6 is 0 Å². The van der Waals surface area contributed by atoms with Gasteiger partial charge in [0.1, 0.15) is 23.1 Å². The minimum atomic E-state index is -0.858. The Balaban J connectivity index is 1.77. The lowest BCUT2D eigenvalue weighted by Crippen LogP contribution is -2.54. The molecule has 2 amide bonds. The first-order valence-electron chi connectivity index (χ1n) is 8.86. The van der Waals surface area contributed by atoms with Crippen LogP contribution in [0, 0.1) is 24.1 Å². The highest BCUT2D eigenvalue weighted by Crippen LogP contribution is 2.37. The maximum absolute atomic E-state index is 14.2. The number of halogens is 1. The molecule has 1 aliphatic rings. The van der Waals surface area contributed by atoms with Gasteiger partial charge in [0.2, 0.25) is 5.91 Å². The number of pyridine rings is 1. The topological polar surface area (TPSA) is 107 Å². The Kier molecular flexibility index (Phi) is 5.27. The highest BCUT2D eigenvalue weighted by atomic mass is 19.1. The van der Waals surface area contributed by atoms with E-state index in [9.17, 15) is 14.0 Å². The molecule has 1 aromatic heterocycles. The first-order valence-corrected chi connectivity index (χ1v) is 8.86. The highest BCUT2D eigenvalue weighted by Gasteiger charge is 2.44. The number of carbonyl (C=O) groups is 2. The third-order valence-corrected chi connectivity index (χ3v) is 4.91.